The summed E-state index contributed by atoms with van der Waals surface area (Å²) >= 11 is 0. The van der Waals surface area contributed by atoms with Crippen LogP contribution < -0.4 is 0 Å². The molecule has 0 saturated heterocycles. The van der Waals surface area contributed by atoms with Crippen molar-refractivity contribution in [2.45, 2.75) is 6.92 Å². The molecule has 0 atom stereocenters. The average Bonchev–Trinajstić information content (AvgIpc) is 2.31. The molecule has 2 aromatic rings. The second-order valence-electron chi connectivity index (χ2n) is 3.38. The Hall–Kier alpha value is -2.17. The number of fused-ring (bicyclic) bond motifs is 1. The zero-order chi connectivity index (χ0) is 12.4. The maximum atomic E-state index is 13.4. The van der Waals surface area contributed by atoms with E-state index in [0.29, 0.717) is 0 Å². The van der Waals surface area contributed by atoms with E-state index in [0.717, 1.165) is 6.20 Å². The second-order valence-corrected chi connectivity index (χ2v) is 3.38. The highest BCUT2D eigenvalue weighted by molar-refractivity contribution is 5.99. The summed E-state index contributed by atoms with van der Waals surface area (Å²) in [5.41, 5.74) is -0.0389. The van der Waals surface area contributed by atoms with E-state index < -0.39 is 11.8 Å². The molecule has 0 bridgehead atoms. The molecule has 88 valence electrons. The molecule has 0 aliphatic carbocycles. The smallest absolute Gasteiger partial charge is 0.343 e. The standard InChI is InChI=1S/C12H10FNO3/c1-2-17-12(16)8-6-14-10-7(11(8)15)4-3-5-9(10)13/h3-6H,2H2,1H3,(H,14,15). The highest BCUT2D eigenvalue weighted by Gasteiger charge is 2.16. The van der Waals surface area contributed by atoms with Crippen LogP contribution in [-0.2, 0) is 4.74 Å². The Morgan fingerprint density at radius 3 is 3.00 bits per heavy atom. The molecule has 0 fully saturated rings. The van der Waals surface area contributed by atoms with Crippen LogP contribution in [0.5, 0.6) is 5.75 Å². The molecule has 1 N–H and O–H groups in total. The van der Waals surface area contributed by atoms with Crippen LogP contribution in [0.3, 0.4) is 0 Å². The number of halogens is 1. The van der Waals surface area contributed by atoms with Crippen molar-refractivity contribution in [3.8, 4) is 5.75 Å². The molecule has 1 aromatic heterocycles. The largest absolute Gasteiger partial charge is 0.506 e. The van der Waals surface area contributed by atoms with Crippen molar-refractivity contribution in [1.29, 1.82) is 0 Å². The van der Waals surface area contributed by atoms with E-state index in [1.165, 1.54) is 18.2 Å². The summed E-state index contributed by atoms with van der Waals surface area (Å²) in [5.74, 6) is -1.54. The van der Waals surface area contributed by atoms with Crippen molar-refractivity contribution in [3.63, 3.8) is 0 Å². The van der Waals surface area contributed by atoms with Crippen molar-refractivity contribution in [1.82, 2.24) is 4.98 Å². The minimum absolute atomic E-state index is 0.0260. The van der Waals surface area contributed by atoms with Gasteiger partial charge in [-0.2, -0.15) is 0 Å². The molecule has 0 spiro atoms. The van der Waals surface area contributed by atoms with Gasteiger partial charge in [0.05, 0.1) is 6.61 Å². The van der Waals surface area contributed by atoms with Gasteiger partial charge in [-0.3, -0.25) is 4.98 Å². The topological polar surface area (TPSA) is 59.4 Å². The number of hydrogen-bond donors (Lipinski definition) is 1. The van der Waals surface area contributed by atoms with Gasteiger partial charge in [0.1, 0.15) is 22.6 Å². The van der Waals surface area contributed by atoms with Gasteiger partial charge in [0.2, 0.25) is 0 Å². The van der Waals surface area contributed by atoms with Crippen LogP contribution in [-0.4, -0.2) is 22.7 Å². The van der Waals surface area contributed by atoms with E-state index in [4.69, 9.17) is 4.74 Å². The minimum Gasteiger partial charge on any atom is -0.506 e. The SMILES string of the molecule is CCOC(=O)c1cnc2c(F)cccc2c1O. The first-order valence-electron chi connectivity index (χ1n) is 5.08. The first-order valence-corrected chi connectivity index (χ1v) is 5.08. The number of pyridine rings is 1. The number of carbonyl (C=O) groups excluding carboxylic acids is 1. The van der Waals surface area contributed by atoms with E-state index in [2.05, 4.69) is 4.98 Å². The molecule has 5 heteroatoms. The summed E-state index contributed by atoms with van der Waals surface area (Å²) in [5, 5.41) is 10.1. The van der Waals surface area contributed by atoms with Gasteiger partial charge < -0.3 is 9.84 Å². The molecule has 0 unspecified atom stereocenters. The molecule has 0 aliphatic rings. The Morgan fingerprint density at radius 2 is 2.29 bits per heavy atom. The Kier molecular flexibility index (Phi) is 2.91. The van der Waals surface area contributed by atoms with Gasteiger partial charge in [-0.05, 0) is 19.1 Å². The molecular weight excluding hydrogens is 225 g/mol. The highest BCUT2D eigenvalue weighted by atomic mass is 19.1. The van der Waals surface area contributed by atoms with Crippen molar-refractivity contribution < 1.29 is 19.0 Å². The van der Waals surface area contributed by atoms with Crippen LogP contribution in [0.2, 0.25) is 0 Å². The van der Waals surface area contributed by atoms with Crippen LogP contribution in [0, 0.1) is 5.82 Å². The molecule has 0 aliphatic heterocycles. The zero-order valence-electron chi connectivity index (χ0n) is 9.11. The molecule has 4 nitrogen and oxygen atoms in total. The monoisotopic (exact) mass is 235 g/mol. The van der Waals surface area contributed by atoms with E-state index in [1.54, 1.807) is 6.92 Å². The number of aromatic nitrogens is 1. The lowest BCUT2D eigenvalue weighted by molar-refractivity contribution is 0.0523. The third kappa shape index (κ3) is 1.91. The Labute approximate surface area is 96.7 Å². The number of hydrogen-bond acceptors (Lipinski definition) is 4. The molecule has 0 radical (unpaired) electrons. The van der Waals surface area contributed by atoms with Gasteiger partial charge in [-0.15, -0.1) is 0 Å². The van der Waals surface area contributed by atoms with Crippen molar-refractivity contribution in [2.75, 3.05) is 6.61 Å². The maximum absolute atomic E-state index is 13.4. The predicted octanol–water partition coefficient (Wildman–Crippen LogP) is 2.26. The predicted molar refractivity (Wildman–Crippen MR) is 59.3 cm³/mol. The number of benzene rings is 1. The van der Waals surface area contributed by atoms with Gasteiger partial charge in [0, 0.05) is 11.6 Å². The first kappa shape index (κ1) is 11.3. The lowest BCUT2D eigenvalue weighted by atomic mass is 10.1. The molecule has 0 amide bonds. The quantitative estimate of drug-likeness (QED) is 0.811. The van der Waals surface area contributed by atoms with E-state index in [1.807, 2.05) is 0 Å². The number of ether oxygens (including phenoxy) is 1. The molecule has 17 heavy (non-hydrogen) atoms. The summed E-state index contributed by atoms with van der Waals surface area (Å²) in [7, 11) is 0. The van der Waals surface area contributed by atoms with Crippen LogP contribution in [0.25, 0.3) is 10.9 Å². The van der Waals surface area contributed by atoms with Crippen LogP contribution >= 0.6 is 0 Å². The summed E-state index contributed by atoms with van der Waals surface area (Å²) in [6, 6.07) is 4.16. The number of esters is 1. The Morgan fingerprint density at radius 1 is 1.53 bits per heavy atom. The van der Waals surface area contributed by atoms with Gasteiger partial charge >= 0.3 is 5.97 Å². The minimum atomic E-state index is -0.677. The lowest BCUT2D eigenvalue weighted by Crippen LogP contribution is -2.06. The molecule has 2 rings (SSSR count). The number of carbonyl (C=O) groups is 1. The van der Waals surface area contributed by atoms with Crippen molar-refractivity contribution in [3.05, 3.63) is 35.8 Å². The summed E-state index contributed by atoms with van der Waals surface area (Å²) in [6.45, 7) is 1.85. The molecule has 0 saturated carbocycles. The first-order chi connectivity index (χ1) is 8.15. The second kappa shape index (κ2) is 4.37. The summed E-state index contributed by atoms with van der Waals surface area (Å²) < 4.78 is 18.1. The fraction of sp³-hybridized carbons (Fsp3) is 0.167. The van der Waals surface area contributed by atoms with Gasteiger partial charge in [-0.25, -0.2) is 9.18 Å². The van der Waals surface area contributed by atoms with Gasteiger partial charge in [0.25, 0.3) is 0 Å². The summed E-state index contributed by atoms with van der Waals surface area (Å²) in [6.07, 6.45) is 1.11. The maximum Gasteiger partial charge on any atom is 0.343 e. The normalized spacial score (nSPS) is 10.5. The van der Waals surface area contributed by atoms with Crippen molar-refractivity contribution >= 4 is 16.9 Å². The lowest BCUT2D eigenvalue weighted by Gasteiger charge is -2.06. The molecule has 1 heterocycles. The van der Waals surface area contributed by atoms with Crippen LogP contribution in [0.4, 0.5) is 4.39 Å². The number of aromatic hydroxyl groups is 1. The number of para-hydroxylation sites is 1. The third-order valence-electron chi connectivity index (χ3n) is 2.32. The highest BCUT2D eigenvalue weighted by Crippen LogP contribution is 2.28. The number of rotatable bonds is 2. The van der Waals surface area contributed by atoms with E-state index >= 15 is 0 Å². The Balaban J connectivity index is 2.62. The number of nitrogens with zero attached hydrogens (tertiary/aromatic N) is 1. The van der Waals surface area contributed by atoms with Gasteiger partial charge in [-0.1, -0.05) is 6.07 Å². The Bertz CT molecular complexity index is 583. The fourth-order valence-electron chi connectivity index (χ4n) is 1.53. The summed E-state index contributed by atoms with van der Waals surface area (Å²) in [4.78, 5) is 15.3. The van der Waals surface area contributed by atoms with Crippen molar-refractivity contribution in [2.24, 2.45) is 0 Å². The van der Waals surface area contributed by atoms with Crippen LogP contribution in [0.1, 0.15) is 17.3 Å². The van der Waals surface area contributed by atoms with Crippen LogP contribution in [0.15, 0.2) is 24.4 Å². The zero-order valence-corrected chi connectivity index (χ0v) is 9.11. The van der Waals surface area contributed by atoms with E-state index in [9.17, 15) is 14.3 Å². The van der Waals surface area contributed by atoms with Gasteiger partial charge in [0.15, 0.2) is 0 Å². The fourth-order valence-corrected chi connectivity index (χ4v) is 1.53. The average molecular weight is 235 g/mol. The molecular formula is C12H10FNO3. The third-order valence-corrected chi connectivity index (χ3v) is 2.32. The molecule has 1 aromatic carbocycles. The van der Waals surface area contributed by atoms with E-state index in [-0.39, 0.29) is 28.8 Å².